The monoisotopic (exact) mass is 275 g/mol. The average Bonchev–Trinajstić information content (AvgIpc) is 2.49. The first-order chi connectivity index (χ1) is 9.72. The zero-order valence-electron chi connectivity index (χ0n) is 12.6. The van der Waals surface area contributed by atoms with Crippen LogP contribution >= 0.6 is 0 Å². The largest absolute Gasteiger partial charge is 0.357 e. The molecule has 20 heavy (non-hydrogen) atoms. The molecule has 0 bridgehead atoms. The second kappa shape index (κ2) is 6.75. The van der Waals surface area contributed by atoms with E-state index in [1.807, 2.05) is 7.05 Å². The minimum absolute atomic E-state index is 0.0562. The van der Waals surface area contributed by atoms with Crippen LogP contribution in [0.2, 0.25) is 0 Å². The molecule has 0 saturated carbocycles. The van der Waals surface area contributed by atoms with E-state index in [1.165, 1.54) is 11.3 Å². The molecule has 1 aliphatic rings. The molecule has 110 valence electrons. The van der Waals surface area contributed by atoms with Crippen molar-refractivity contribution < 1.29 is 4.79 Å². The maximum atomic E-state index is 12.1. The van der Waals surface area contributed by atoms with Gasteiger partial charge in [-0.05, 0) is 31.5 Å². The molecule has 0 aromatic heterocycles. The number of para-hydroxylation sites is 1. The Morgan fingerprint density at radius 2 is 2.15 bits per heavy atom. The van der Waals surface area contributed by atoms with E-state index in [0.717, 1.165) is 25.9 Å². The topological polar surface area (TPSA) is 44.4 Å². The van der Waals surface area contributed by atoms with Crippen LogP contribution in [0.5, 0.6) is 0 Å². The van der Waals surface area contributed by atoms with Crippen LogP contribution < -0.4 is 15.5 Å². The zero-order chi connectivity index (χ0) is 14.5. The van der Waals surface area contributed by atoms with Gasteiger partial charge in [-0.15, -0.1) is 0 Å². The van der Waals surface area contributed by atoms with Gasteiger partial charge in [0.1, 0.15) is 6.04 Å². The molecule has 2 unspecified atom stereocenters. The molecule has 0 aliphatic carbocycles. The summed E-state index contributed by atoms with van der Waals surface area (Å²) >= 11 is 0. The number of hydrogen-bond donors (Lipinski definition) is 2. The minimum atomic E-state index is -0.0562. The van der Waals surface area contributed by atoms with Gasteiger partial charge in [0.15, 0.2) is 0 Å². The molecule has 4 heteroatoms. The van der Waals surface area contributed by atoms with Gasteiger partial charge in [-0.1, -0.05) is 32.0 Å². The Kier molecular flexibility index (Phi) is 5.01. The lowest BCUT2D eigenvalue weighted by molar-refractivity contribution is -0.123. The number of rotatable bonds is 5. The van der Waals surface area contributed by atoms with E-state index in [4.69, 9.17) is 0 Å². The fraction of sp³-hybridized carbons (Fsp3) is 0.562. The minimum Gasteiger partial charge on any atom is -0.357 e. The lowest BCUT2D eigenvalue weighted by Gasteiger charge is -2.38. The molecule has 1 aromatic carbocycles. The third kappa shape index (κ3) is 2.80. The molecule has 0 radical (unpaired) electrons. The molecule has 0 spiro atoms. The second-order valence-corrected chi connectivity index (χ2v) is 5.22. The fourth-order valence-electron chi connectivity index (χ4n) is 3.03. The van der Waals surface area contributed by atoms with Crippen molar-refractivity contribution in [2.75, 3.05) is 25.0 Å². The molecule has 1 aliphatic heterocycles. The number of amides is 1. The number of nitrogens with one attached hydrogen (secondary N) is 2. The molecular weight excluding hydrogens is 250 g/mol. The normalized spacial score (nSPS) is 20.6. The smallest absolute Gasteiger partial charge is 0.242 e. The van der Waals surface area contributed by atoms with Crippen LogP contribution in [0.25, 0.3) is 0 Å². The van der Waals surface area contributed by atoms with E-state index in [1.54, 1.807) is 0 Å². The Bertz CT molecular complexity index is 457. The lowest BCUT2D eigenvalue weighted by atomic mass is 9.99. The standard InChI is InChI=1S/C16H25N3O/c1-4-13(17-3)12-8-6-7-9-15(12)19-11-10-18-16(20)14(19)5-2/h6-9,13-14,17H,4-5,10-11H2,1-3H3,(H,18,20). The molecule has 1 fully saturated rings. The van der Waals surface area contributed by atoms with Crippen molar-refractivity contribution in [2.24, 2.45) is 0 Å². The van der Waals surface area contributed by atoms with Gasteiger partial charge in [-0.3, -0.25) is 4.79 Å². The SMILES string of the molecule is CCC(NC)c1ccccc1N1CCNC(=O)C1CC. The van der Waals surface area contributed by atoms with Crippen LogP contribution in [0.4, 0.5) is 5.69 Å². The number of nitrogens with zero attached hydrogens (tertiary/aromatic N) is 1. The van der Waals surface area contributed by atoms with Gasteiger partial charge >= 0.3 is 0 Å². The summed E-state index contributed by atoms with van der Waals surface area (Å²) in [5, 5.41) is 6.33. The van der Waals surface area contributed by atoms with E-state index in [-0.39, 0.29) is 11.9 Å². The van der Waals surface area contributed by atoms with Gasteiger partial charge in [0.2, 0.25) is 5.91 Å². The summed E-state index contributed by atoms with van der Waals surface area (Å²) in [5.41, 5.74) is 2.47. The predicted molar refractivity (Wildman–Crippen MR) is 83.0 cm³/mol. The molecule has 2 atom stereocenters. The average molecular weight is 275 g/mol. The van der Waals surface area contributed by atoms with Crippen LogP contribution in [0.15, 0.2) is 24.3 Å². The first kappa shape index (κ1) is 14.9. The summed E-state index contributed by atoms with van der Waals surface area (Å²) in [4.78, 5) is 14.3. The van der Waals surface area contributed by atoms with E-state index in [0.29, 0.717) is 6.04 Å². The maximum absolute atomic E-state index is 12.1. The summed E-state index contributed by atoms with van der Waals surface area (Å²) in [7, 11) is 1.99. The van der Waals surface area contributed by atoms with Gasteiger partial charge in [0.05, 0.1) is 0 Å². The van der Waals surface area contributed by atoms with Gasteiger partial charge in [-0.25, -0.2) is 0 Å². The molecule has 1 heterocycles. The number of carbonyl (C=O) groups excluding carboxylic acids is 1. The van der Waals surface area contributed by atoms with Crippen molar-refractivity contribution in [3.05, 3.63) is 29.8 Å². The maximum Gasteiger partial charge on any atom is 0.242 e. The highest BCUT2D eigenvalue weighted by molar-refractivity contribution is 5.86. The zero-order valence-corrected chi connectivity index (χ0v) is 12.6. The van der Waals surface area contributed by atoms with Crippen LogP contribution in [-0.2, 0) is 4.79 Å². The summed E-state index contributed by atoms with van der Waals surface area (Å²) in [5.74, 6) is 0.144. The summed E-state index contributed by atoms with van der Waals surface area (Å²) in [6.07, 6.45) is 1.86. The van der Waals surface area contributed by atoms with E-state index >= 15 is 0 Å². The predicted octanol–water partition coefficient (Wildman–Crippen LogP) is 2.07. The van der Waals surface area contributed by atoms with Crippen LogP contribution in [0.3, 0.4) is 0 Å². The Balaban J connectivity index is 2.38. The fourth-order valence-corrected chi connectivity index (χ4v) is 3.03. The van der Waals surface area contributed by atoms with E-state index in [2.05, 4.69) is 53.6 Å². The molecule has 4 nitrogen and oxygen atoms in total. The Morgan fingerprint density at radius 3 is 2.80 bits per heavy atom. The highest BCUT2D eigenvalue weighted by Gasteiger charge is 2.30. The number of anilines is 1. The molecule has 1 saturated heterocycles. The van der Waals surface area contributed by atoms with Gasteiger partial charge < -0.3 is 15.5 Å². The summed E-state index contributed by atoms with van der Waals surface area (Å²) < 4.78 is 0. The van der Waals surface area contributed by atoms with Crippen molar-refractivity contribution in [3.63, 3.8) is 0 Å². The number of hydrogen-bond acceptors (Lipinski definition) is 3. The van der Waals surface area contributed by atoms with E-state index < -0.39 is 0 Å². The van der Waals surface area contributed by atoms with Crippen LogP contribution in [0, 0.1) is 0 Å². The number of piperazine rings is 1. The van der Waals surface area contributed by atoms with Crippen LogP contribution in [0.1, 0.15) is 38.3 Å². The van der Waals surface area contributed by atoms with Gasteiger partial charge in [0, 0.05) is 24.8 Å². The Hall–Kier alpha value is -1.55. The van der Waals surface area contributed by atoms with Crippen molar-refractivity contribution in [3.8, 4) is 0 Å². The third-order valence-electron chi connectivity index (χ3n) is 4.10. The molecular formula is C16H25N3O. The Labute approximate surface area is 121 Å². The first-order valence-electron chi connectivity index (χ1n) is 7.53. The lowest BCUT2D eigenvalue weighted by Crippen LogP contribution is -2.55. The summed E-state index contributed by atoms with van der Waals surface area (Å²) in [6, 6.07) is 8.70. The number of benzene rings is 1. The number of carbonyl (C=O) groups is 1. The highest BCUT2D eigenvalue weighted by atomic mass is 16.2. The first-order valence-corrected chi connectivity index (χ1v) is 7.53. The van der Waals surface area contributed by atoms with Crippen molar-refractivity contribution in [1.82, 2.24) is 10.6 Å². The van der Waals surface area contributed by atoms with Gasteiger partial charge in [0.25, 0.3) is 0 Å². The molecule has 2 N–H and O–H groups in total. The van der Waals surface area contributed by atoms with E-state index in [9.17, 15) is 4.79 Å². The third-order valence-corrected chi connectivity index (χ3v) is 4.10. The van der Waals surface area contributed by atoms with Gasteiger partial charge in [-0.2, -0.15) is 0 Å². The van der Waals surface area contributed by atoms with Crippen LogP contribution in [-0.4, -0.2) is 32.1 Å². The Morgan fingerprint density at radius 1 is 1.40 bits per heavy atom. The van der Waals surface area contributed by atoms with Crippen molar-refractivity contribution in [2.45, 2.75) is 38.8 Å². The molecule has 2 rings (SSSR count). The quantitative estimate of drug-likeness (QED) is 0.864. The van der Waals surface area contributed by atoms with Crippen molar-refractivity contribution >= 4 is 11.6 Å². The van der Waals surface area contributed by atoms with Crippen molar-refractivity contribution in [1.29, 1.82) is 0 Å². The molecule has 1 aromatic rings. The molecule has 1 amide bonds. The second-order valence-electron chi connectivity index (χ2n) is 5.22. The summed E-state index contributed by atoms with van der Waals surface area (Å²) in [6.45, 7) is 5.85. The highest BCUT2D eigenvalue weighted by Crippen LogP contribution is 2.30.